The van der Waals surface area contributed by atoms with Gasteiger partial charge in [-0.05, 0) is 54.3 Å². The number of ketones is 1. The summed E-state index contributed by atoms with van der Waals surface area (Å²) < 4.78 is 16.9. The van der Waals surface area contributed by atoms with Gasteiger partial charge in [-0.2, -0.15) is 0 Å². The van der Waals surface area contributed by atoms with E-state index in [0.29, 0.717) is 56.7 Å². The molecular weight excluding hydrogens is 484 g/mol. The number of hydrogen-bond donors (Lipinski definition) is 1. The topological polar surface area (TPSA) is 88.5 Å². The van der Waals surface area contributed by atoms with Crippen molar-refractivity contribution in [1.29, 1.82) is 0 Å². The maximum atomic E-state index is 13.3. The zero-order valence-corrected chi connectivity index (χ0v) is 22.5. The van der Waals surface area contributed by atoms with Gasteiger partial charge in [0, 0.05) is 31.7 Å². The van der Waals surface area contributed by atoms with Crippen molar-refractivity contribution in [3.05, 3.63) is 65.2 Å². The Morgan fingerprint density at radius 3 is 2.24 bits per heavy atom. The predicted octanol–water partition coefficient (Wildman–Crippen LogP) is 4.26. The second-order valence-corrected chi connectivity index (χ2v) is 10.1. The Hall–Kier alpha value is -3.36. The number of amides is 1. The van der Waals surface area contributed by atoms with Gasteiger partial charge in [-0.1, -0.05) is 32.9 Å². The number of nitrogens with zero attached hydrogens (tertiary/aromatic N) is 2. The summed E-state index contributed by atoms with van der Waals surface area (Å²) in [5, 5.41) is 11.3. The highest BCUT2D eigenvalue weighted by Crippen LogP contribution is 2.40. The maximum absolute atomic E-state index is 13.3. The lowest BCUT2D eigenvalue weighted by atomic mass is 9.95. The van der Waals surface area contributed by atoms with Crippen LogP contribution in [-0.2, 0) is 14.3 Å². The molecule has 2 fully saturated rings. The Balaban J connectivity index is 1.65. The lowest BCUT2D eigenvalue weighted by Crippen LogP contribution is -2.42. The summed E-state index contributed by atoms with van der Waals surface area (Å²) in [5.74, 6) is 0.312. The zero-order chi connectivity index (χ0) is 27.1. The minimum Gasteiger partial charge on any atom is -0.507 e. The van der Waals surface area contributed by atoms with Crippen LogP contribution < -0.4 is 9.47 Å². The molecule has 2 saturated heterocycles. The number of carbonyl (C=O) groups is 2. The molecule has 1 amide bonds. The van der Waals surface area contributed by atoms with E-state index in [1.807, 2.05) is 31.2 Å². The minimum atomic E-state index is -0.701. The first-order valence-electron chi connectivity index (χ1n) is 13.4. The van der Waals surface area contributed by atoms with E-state index in [1.54, 1.807) is 29.2 Å². The van der Waals surface area contributed by atoms with Gasteiger partial charge in [-0.25, -0.2) is 0 Å². The lowest BCUT2D eigenvalue weighted by Gasteiger charge is -2.31. The second kappa shape index (κ2) is 12.9. The fraction of sp³-hybridized carbons (Fsp3) is 0.467. The fourth-order valence-corrected chi connectivity index (χ4v) is 4.62. The molecule has 4 rings (SSSR count). The van der Waals surface area contributed by atoms with Crippen LogP contribution in [0.1, 0.15) is 44.4 Å². The first kappa shape index (κ1) is 27.7. The quantitative estimate of drug-likeness (QED) is 0.268. The van der Waals surface area contributed by atoms with Crippen LogP contribution in [0.25, 0.3) is 5.76 Å². The molecule has 0 aliphatic carbocycles. The van der Waals surface area contributed by atoms with E-state index >= 15 is 0 Å². The molecule has 204 valence electrons. The zero-order valence-electron chi connectivity index (χ0n) is 22.5. The molecule has 38 heavy (non-hydrogen) atoms. The third-order valence-electron chi connectivity index (χ3n) is 6.68. The van der Waals surface area contributed by atoms with Crippen molar-refractivity contribution in [2.45, 2.75) is 33.2 Å². The van der Waals surface area contributed by atoms with E-state index in [1.165, 1.54) is 0 Å². The molecular formula is C30H38N2O6. The van der Waals surface area contributed by atoms with Crippen LogP contribution in [0.5, 0.6) is 11.5 Å². The SMILES string of the molecule is CCCOc1ccc(C2/C(=C(\O)c3ccc(OCC(C)C)cc3)C(=O)C(=O)N2CCN2CCOCC2)cc1. The number of ether oxygens (including phenoxy) is 3. The average Bonchev–Trinajstić information content (AvgIpc) is 3.19. The van der Waals surface area contributed by atoms with Gasteiger partial charge in [0.25, 0.3) is 11.7 Å². The van der Waals surface area contributed by atoms with E-state index in [9.17, 15) is 14.7 Å². The number of benzene rings is 2. The molecule has 1 atom stereocenters. The number of aliphatic hydroxyl groups excluding tert-OH is 1. The van der Waals surface area contributed by atoms with Crippen molar-refractivity contribution < 1.29 is 28.9 Å². The van der Waals surface area contributed by atoms with E-state index in [4.69, 9.17) is 14.2 Å². The number of hydrogen-bond acceptors (Lipinski definition) is 7. The molecule has 0 radical (unpaired) electrons. The van der Waals surface area contributed by atoms with Crippen LogP contribution in [0, 0.1) is 5.92 Å². The van der Waals surface area contributed by atoms with Crippen molar-refractivity contribution >= 4 is 17.4 Å². The number of rotatable bonds is 11. The minimum absolute atomic E-state index is 0.0926. The Labute approximate surface area is 224 Å². The highest BCUT2D eigenvalue weighted by atomic mass is 16.5. The van der Waals surface area contributed by atoms with Gasteiger partial charge in [0.15, 0.2) is 0 Å². The van der Waals surface area contributed by atoms with Crippen LogP contribution in [0.4, 0.5) is 0 Å². The summed E-state index contributed by atoms with van der Waals surface area (Å²) in [5.41, 5.74) is 1.30. The maximum Gasteiger partial charge on any atom is 0.295 e. The largest absolute Gasteiger partial charge is 0.507 e. The van der Waals surface area contributed by atoms with E-state index in [2.05, 4.69) is 18.7 Å². The van der Waals surface area contributed by atoms with Crippen LogP contribution in [0.3, 0.4) is 0 Å². The van der Waals surface area contributed by atoms with Crippen molar-refractivity contribution in [1.82, 2.24) is 9.80 Å². The van der Waals surface area contributed by atoms with Crippen LogP contribution in [0.15, 0.2) is 54.1 Å². The summed E-state index contributed by atoms with van der Waals surface area (Å²) in [6.07, 6.45) is 0.894. The fourth-order valence-electron chi connectivity index (χ4n) is 4.62. The Kier molecular flexibility index (Phi) is 9.42. The number of morpholine rings is 1. The molecule has 2 aromatic carbocycles. The summed E-state index contributed by atoms with van der Waals surface area (Å²) >= 11 is 0. The van der Waals surface area contributed by atoms with Gasteiger partial charge in [0.2, 0.25) is 0 Å². The second-order valence-electron chi connectivity index (χ2n) is 10.1. The molecule has 0 aromatic heterocycles. The van der Waals surface area contributed by atoms with Gasteiger partial charge in [-0.15, -0.1) is 0 Å². The first-order valence-corrected chi connectivity index (χ1v) is 13.4. The highest BCUT2D eigenvalue weighted by Gasteiger charge is 2.46. The molecule has 0 spiro atoms. The summed E-state index contributed by atoms with van der Waals surface area (Å²) in [6.45, 7) is 11.2. The predicted molar refractivity (Wildman–Crippen MR) is 145 cm³/mol. The molecule has 8 nitrogen and oxygen atoms in total. The van der Waals surface area contributed by atoms with Gasteiger partial charge >= 0.3 is 0 Å². The molecule has 2 aliphatic rings. The van der Waals surface area contributed by atoms with Crippen LogP contribution in [-0.4, -0.2) is 79.2 Å². The molecule has 2 aliphatic heterocycles. The number of Topliss-reactive ketones (excluding diaryl/α,β-unsaturated/α-hetero) is 1. The molecule has 0 saturated carbocycles. The van der Waals surface area contributed by atoms with E-state index < -0.39 is 17.7 Å². The molecule has 8 heteroatoms. The molecule has 2 aromatic rings. The van der Waals surface area contributed by atoms with Gasteiger partial charge in [-0.3, -0.25) is 14.5 Å². The number of likely N-dealkylation sites (tertiary alicyclic amines) is 1. The van der Waals surface area contributed by atoms with E-state index in [0.717, 1.165) is 30.8 Å². The third-order valence-corrected chi connectivity index (χ3v) is 6.68. The third kappa shape index (κ3) is 6.55. The normalized spacial score (nSPS) is 19.8. The average molecular weight is 523 g/mol. The van der Waals surface area contributed by atoms with Crippen molar-refractivity contribution in [3.63, 3.8) is 0 Å². The van der Waals surface area contributed by atoms with Gasteiger partial charge in [0.1, 0.15) is 17.3 Å². The summed E-state index contributed by atoms with van der Waals surface area (Å²) in [6, 6.07) is 13.7. The Morgan fingerprint density at radius 2 is 1.61 bits per heavy atom. The smallest absolute Gasteiger partial charge is 0.295 e. The number of carbonyl (C=O) groups excluding carboxylic acids is 2. The van der Waals surface area contributed by atoms with Crippen LogP contribution in [0.2, 0.25) is 0 Å². The van der Waals surface area contributed by atoms with E-state index in [-0.39, 0.29) is 11.3 Å². The molecule has 1 unspecified atom stereocenters. The summed E-state index contributed by atoms with van der Waals surface area (Å²) in [4.78, 5) is 30.4. The highest BCUT2D eigenvalue weighted by molar-refractivity contribution is 6.46. The van der Waals surface area contributed by atoms with Crippen molar-refractivity contribution in [2.75, 3.05) is 52.6 Å². The van der Waals surface area contributed by atoms with Crippen molar-refractivity contribution in [3.8, 4) is 11.5 Å². The monoisotopic (exact) mass is 522 g/mol. The Morgan fingerprint density at radius 1 is 0.974 bits per heavy atom. The molecule has 0 bridgehead atoms. The standard InChI is InChI=1S/C30H38N2O6/c1-4-17-37-24-9-5-22(6-10-24)27-26(28(33)23-7-11-25(12-8-23)38-20-21(2)3)29(34)30(35)32(27)14-13-31-15-18-36-19-16-31/h5-12,21,27,33H,4,13-20H2,1-3H3/b28-26+. The number of aliphatic hydroxyl groups is 1. The lowest BCUT2D eigenvalue weighted by molar-refractivity contribution is -0.140. The van der Waals surface area contributed by atoms with Crippen molar-refractivity contribution in [2.24, 2.45) is 5.92 Å². The van der Waals surface area contributed by atoms with Gasteiger partial charge < -0.3 is 24.2 Å². The van der Waals surface area contributed by atoms with Gasteiger partial charge in [0.05, 0.1) is 38.0 Å². The first-order chi connectivity index (χ1) is 18.4. The summed E-state index contributed by atoms with van der Waals surface area (Å²) in [7, 11) is 0. The Bertz CT molecular complexity index is 1120. The molecule has 2 heterocycles. The molecule has 1 N–H and O–H groups in total. The van der Waals surface area contributed by atoms with Crippen LogP contribution >= 0.6 is 0 Å².